The number of thioether (sulfide) groups is 1. The lowest BCUT2D eigenvalue weighted by atomic mass is 9.90. The molecule has 2 aromatic rings. The van der Waals surface area contributed by atoms with E-state index in [-0.39, 0.29) is 17.8 Å². The molecule has 1 saturated heterocycles. The minimum absolute atomic E-state index is 0.114. The SMILES string of the molecule is Cn1c(SCC2(CO)COC2)nnc1-c1ccc(F)cc1. The topological polar surface area (TPSA) is 60.2 Å². The third kappa shape index (κ3) is 2.81. The molecular weight excluding hydrogens is 293 g/mol. The molecule has 1 aliphatic heterocycles. The average molecular weight is 309 g/mol. The van der Waals surface area contributed by atoms with E-state index in [2.05, 4.69) is 10.2 Å². The first-order valence-corrected chi connectivity index (χ1v) is 7.59. The molecule has 0 bridgehead atoms. The number of hydrogen-bond acceptors (Lipinski definition) is 5. The van der Waals surface area contributed by atoms with Gasteiger partial charge in [-0.1, -0.05) is 11.8 Å². The fourth-order valence-electron chi connectivity index (χ4n) is 2.12. The van der Waals surface area contributed by atoms with Crippen molar-refractivity contribution in [2.75, 3.05) is 25.6 Å². The maximum absolute atomic E-state index is 13.0. The summed E-state index contributed by atoms with van der Waals surface area (Å²) in [5, 5.41) is 18.5. The third-order valence-corrected chi connectivity index (χ3v) is 4.97. The van der Waals surface area contributed by atoms with E-state index in [1.165, 1.54) is 12.1 Å². The van der Waals surface area contributed by atoms with E-state index >= 15 is 0 Å². The number of aliphatic hydroxyl groups excluding tert-OH is 1. The summed E-state index contributed by atoms with van der Waals surface area (Å²) in [5.41, 5.74) is 0.661. The second-order valence-corrected chi connectivity index (χ2v) is 6.25. The van der Waals surface area contributed by atoms with Crippen LogP contribution >= 0.6 is 11.8 Å². The summed E-state index contributed by atoms with van der Waals surface area (Å²) in [5.74, 6) is 1.16. The maximum atomic E-state index is 13.0. The van der Waals surface area contributed by atoms with E-state index in [1.54, 1.807) is 23.9 Å². The van der Waals surface area contributed by atoms with Crippen molar-refractivity contribution in [3.8, 4) is 11.4 Å². The van der Waals surface area contributed by atoms with Crippen molar-refractivity contribution in [1.82, 2.24) is 14.8 Å². The number of benzene rings is 1. The van der Waals surface area contributed by atoms with Gasteiger partial charge in [0.05, 0.1) is 19.8 Å². The Morgan fingerprint density at radius 3 is 2.62 bits per heavy atom. The van der Waals surface area contributed by atoms with Gasteiger partial charge in [0.2, 0.25) is 0 Å². The van der Waals surface area contributed by atoms with Crippen molar-refractivity contribution >= 4 is 11.8 Å². The first-order valence-electron chi connectivity index (χ1n) is 6.60. The largest absolute Gasteiger partial charge is 0.396 e. The summed E-state index contributed by atoms with van der Waals surface area (Å²) in [6, 6.07) is 6.18. The monoisotopic (exact) mass is 309 g/mol. The zero-order chi connectivity index (χ0) is 14.9. The molecule has 5 nitrogen and oxygen atoms in total. The van der Waals surface area contributed by atoms with E-state index < -0.39 is 0 Å². The van der Waals surface area contributed by atoms with Gasteiger partial charge in [0.15, 0.2) is 11.0 Å². The molecule has 21 heavy (non-hydrogen) atoms. The lowest BCUT2D eigenvalue weighted by Gasteiger charge is -2.39. The fraction of sp³-hybridized carbons (Fsp3) is 0.429. The standard InChI is InChI=1S/C14H16FN3O2S/c1-18-12(10-2-4-11(15)5-3-10)16-17-13(18)21-9-14(6-19)7-20-8-14/h2-5,19H,6-9H2,1H3. The molecule has 1 aromatic heterocycles. The molecule has 0 atom stereocenters. The van der Waals surface area contributed by atoms with Crippen LogP contribution in [0.4, 0.5) is 4.39 Å². The number of halogens is 1. The smallest absolute Gasteiger partial charge is 0.191 e. The molecule has 2 heterocycles. The Labute approximate surface area is 126 Å². The molecule has 0 radical (unpaired) electrons. The van der Waals surface area contributed by atoms with Gasteiger partial charge in [0, 0.05) is 23.8 Å². The van der Waals surface area contributed by atoms with Gasteiger partial charge in [-0.15, -0.1) is 10.2 Å². The van der Waals surface area contributed by atoms with Crippen molar-refractivity contribution in [2.24, 2.45) is 12.5 Å². The predicted molar refractivity (Wildman–Crippen MR) is 77.5 cm³/mol. The van der Waals surface area contributed by atoms with E-state index in [1.807, 2.05) is 11.6 Å². The van der Waals surface area contributed by atoms with Gasteiger partial charge in [0.1, 0.15) is 5.82 Å². The Kier molecular flexibility index (Phi) is 3.97. The predicted octanol–water partition coefficient (Wildman–Crippen LogP) is 1.72. The highest BCUT2D eigenvalue weighted by Crippen LogP contribution is 2.34. The quantitative estimate of drug-likeness (QED) is 0.852. The Hall–Kier alpha value is -1.44. The number of hydrogen-bond donors (Lipinski definition) is 1. The highest BCUT2D eigenvalue weighted by molar-refractivity contribution is 7.99. The lowest BCUT2D eigenvalue weighted by Crippen LogP contribution is -2.47. The number of aromatic nitrogens is 3. The molecule has 1 fully saturated rings. The number of ether oxygens (including phenoxy) is 1. The second-order valence-electron chi connectivity index (χ2n) is 5.31. The van der Waals surface area contributed by atoms with E-state index in [0.717, 1.165) is 16.5 Å². The second kappa shape index (κ2) is 5.75. The van der Waals surface area contributed by atoms with Crippen LogP contribution in [-0.4, -0.2) is 45.4 Å². The van der Waals surface area contributed by atoms with Crippen molar-refractivity contribution in [1.29, 1.82) is 0 Å². The zero-order valence-corrected chi connectivity index (χ0v) is 12.4. The summed E-state index contributed by atoms with van der Waals surface area (Å²) in [4.78, 5) is 0. The summed E-state index contributed by atoms with van der Waals surface area (Å²) >= 11 is 1.55. The van der Waals surface area contributed by atoms with Crippen molar-refractivity contribution in [3.63, 3.8) is 0 Å². The van der Waals surface area contributed by atoms with Crippen LogP contribution < -0.4 is 0 Å². The fourth-order valence-corrected chi connectivity index (χ4v) is 3.19. The van der Waals surface area contributed by atoms with Crippen LogP contribution in [0, 0.1) is 11.2 Å². The molecule has 1 aliphatic rings. The molecule has 1 N–H and O–H groups in total. The Morgan fingerprint density at radius 2 is 2.05 bits per heavy atom. The highest BCUT2D eigenvalue weighted by atomic mass is 32.2. The van der Waals surface area contributed by atoms with Crippen LogP contribution in [0.3, 0.4) is 0 Å². The van der Waals surface area contributed by atoms with Gasteiger partial charge < -0.3 is 14.4 Å². The summed E-state index contributed by atoms with van der Waals surface area (Å²) < 4.78 is 20.0. The Bertz CT molecular complexity index is 620. The van der Waals surface area contributed by atoms with Gasteiger partial charge in [-0.2, -0.15) is 0 Å². The van der Waals surface area contributed by atoms with Crippen molar-refractivity contribution < 1.29 is 14.2 Å². The van der Waals surface area contributed by atoms with Crippen LogP contribution in [0.25, 0.3) is 11.4 Å². The summed E-state index contributed by atoms with van der Waals surface area (Å²) in [6.07, 6.45) is 0. The van der Waals surface area contributed by atoms with Gasteiger partial charge in [0.25, 0.3) is 0 Å². The van der Waals surface area contributed by atoms with Crippen molar-refractivity contribution in [2.45, 2.75) is 5.16 Å². The van der Waals surface area contributed by atoms with E-state index in [9.17, 15) is 9.50 Å². The minimum atomic E-state index is -0.273. The van der Waals surface area contributed by atoms with Gasteiger partial charge >= 0.3 is 0 Å². The number of nitrogens with zero attached hydrogens (tertiary/aromatic N) is 3. The Balaban J connectivity index is 1.75. The van der Waals surface area contributed by atoms with Gasteiger partial charge in [-0.05, 0) is 24.3 Å². The van der Waals surface area contributed by atoms with E-state index in [4.69, 9.17) is 4.74 Å². The summed E-state index contributed by atoms with van der Waals surface area (Å²) in [7, 11) is 1.88. The minimum Gasteiger partial charge on any atom is -0.396 e. The van der Waals surface area contributed by atoms with Crippen LogP contribution in [0.5, 0.6) is 0 Å². The van der Waals surface area contributed by atoms with Crippen LogP contribution in [0.2, 0.25) is 0 Å². The van der Waals surface area contributed by atoms with Gasteiger partial charge in [-0.3, -0.25) is 0 Å². The molecule has 7 heteroatoms. The molecule has 1 aromatic carbocycles. The molecule has 0 spiro atoms. The van der Waals surface area contributed by atoms with E-state index in [0.29, 0.717) is 19.0 Å². The van der Waals surface area contributed by atoms with Crippen LogP contribution in [0.15, 0.2) is 29.4 Å². The maximum Gasteiger partial charge on any atom is 0.191 e. The number of rotatable bonds is 5. The van der Waals surface area contributed by atoms with Gasteiger partial charge in [-0.25, -0.2) is 4.39 Å². The normalized spacial score (nSPS) is 16.7. The first kappa shape index (κ1) is 14.5. The highest BCUT2D eigenvalue weighted by Gasteiger charge is 2.38. The molecule has 3 rings (SSSR count). The lowest BCUT2D eigenvalue weighted by molar-refractivity contribution is -0.121. The molecule has 0 unspecified atom stereocenters. The summed E-state index contributed by atoms with van der Waals surface area (Å²) in [6.45, 7) is 1.28. The van der Waals surface area contributed by atoms with Crippen LogP contribution in [0.1, 0.15) is 0 Å². The molecule has 112 valence electrons. The molecule has 0 saturated carbocycles. The zero-order valence-electron chi connectivity index (χ0n) is 11.6. The average Bonchev–Trinajstić information content (AvgIpc) is 2.81. The van der Waals surface area contributed by atoms with Crippen LogP contribution in [-0.2, 0) is 11.8 Å². The number of aliphatic hydroxyl groups is 1. The third-order valence-electron chi connectivity index (χ3n) is 3.60. The molecule has 0 amide bonds. The molecular formula is C14H16FN3O2S. The first-order chi connectivity index (χ1) is 10.1. The Morgan fingerprint density at radius 1 is 1.33 bits per heavy atom. The molecule has 0 aliphatic carbocycles. The van der Waals surface area contributed by atoms with Crippen molar-refractivity contribution in [3.05, 3.63) is 30.1 Å².